The number of hydrogen-bond acceptors (Lipinski definition) is 4. The van der Waals surface area contributed by atoms with Crippen molar-refractivity contribution >= 4 is 163 Å². The summed E-state index contributed by atoms with van der Waals surface area (Å²) in [5.74, 6) is 0. The first kappa shape index (κ1) is 61.4. The molecule has 8 aromatic heterocycles. The molecule has 0 atom stereocenters. The van der Waals surface area contributed by atoms with Gasteiger partial charge in [-0.15, -0.1) is 0 Å². The van der Waals surface area contributed by atoms with E-state index in [2.05, 4.69) is 376 Å². The van der Waals surface area contributed by atoms with Crippen LogP contribution < -0.4 is 0 Å². The average Bonchev–Trinajstić information content (AvgIpc) is 1.22. The lowest BCUT2D eigenvalue weighted by Crippen LogP contribution is -1.98. The fraction of sp³-hybridized carbons (Fsp3) is 0. The van der Waals surface area contributed by atoms with E-state index < -0.39 is 0 Å². The number of benzene rings is 16. The number of nitrogens with zero attached hydrogens (tertiary/aromatic N) is 8. The molecule has 0 radical (unpaired) electrons. The largest absolute Gasteiger partial charge is 0.309 e. The SMILES string of the molecule is c1ccc(-c2ccc3ccc4c(-c5ccc(-n6c7ccccc7c7cc(-n8c9ccccc9c9ccccc98)ccc76)cc5)c5ccccc5nc4c3n2)cc1.c1cnc2c(c1)ccc1c(-c3ccc(-n4c5ccccc5c5cc(-n6c7ccccc7c7ccccc76)ccc54)c4ccccc34)c3ccccc3nc12. The molecule has 8 nitrogen and oxygen atoms in total. The van der Waals surface area contributed by atoms with Crippen LogP contribution in [0.4, 0.5) is 0 Å². The van der Waals surface area contributed by atoms with Gasteiger partial charge in [0.1, 0.15) is 0 Å². The lowest BCUT2D eigenvalue weighted by atomic mass is 9.91. The molecule has 0 fully saturated rings. The van der Waals surface area contributed by atoms with E-state index >= 15 is 0 Å². The van der Waals surface area contributed by atoms with Gasteiger partial charge in [0.15, 0.2) is 0 Å². The molecule has 110 heavy (non-hydrogen) atoms. The average molecular weight is 1400 g/mol. The van der Waals surface area contributed by atoms with Crippen molar-refractivity contribution in [3.63, 3.8) is 0 Å². The molecule has 0 N–H and O–H groups in total. The maximum atomic E-state index is 5.24. The van der Waals surface area contributed by atoms with Crippen molar-refractivity contribution in [2.24, 2.45) is 0 Å². The van der Waals surface area contributed by atoms with Gasteiger partial charge < -0.3 is 18.3 Å². The van der Waals surface area contributed by atoms with Gasteiger partial charge in [-0.2, -0.15) is 0 Å². The highest BCUT2D eigenvalue weighted by Crippen LogP contribution is 2.46. The van der Waals surface area contributed by atoms with E-state index in [4.69, 9.17) is 19.9 Å². The van der Waals surface area contributed by atoms with Crippen LogP contribution >= 0.6 is 0 Å². The second kappa shape index (κ2) is 24.3. The minimum atomic E-state index is 0.915. The Morgan fingerprint density at radius 3 is 1.15 bits per heavy atom. The molecule has 8 heteroatoms. The molecule has 0 unspecified atom stereocenters. The molecule has 0 aliphatic rings. The first-order valence-electron chi connectivity index (χ1n) is 37.5. The Bertz CT molecular complexity index is 7870. The number of rotatable bonds is 7. The van der Waals surface area contributed by atoms with E-state index in [1.54, 1.807) is 0 Å². The molecule has 16 aromatic carbocycles. The van der Waals surface area contributed by atoms with Crippen LogP contribution in [-0.4, -0.2) is 38.2 Å². The second-order valence-corrected chi connectivity index (χ2v) is 28.7. The highest BCUT2D eigenvalue weighted by molar-refractivity contribution is 6.22. The summed E-state index contributed by atoms with van der Waals surface area (Å²) in [4.78, 5) is 20.4. The molecule has 24 rings (SSSR count). The summed E-state index contributed by atoms with van der Waals surface area (Å²) < 4.78 is 9.65. The van der Waals surface area contributed by atoms with Crippen molar-refractivity contribution in [1.82, 2.24) is 38.2 Å². The minimum Gasteiger partial charge on any atom is -0.309 e. The van der Waals surface area contributed by atoms with Crippen LogP contribution in [0, 0.1) is 0 Å². The Balaban J connectivity index is 0.000000132. The van der Waals surface area contributed by atoms with Crippen molar-refractivity contribution in [2.75, 3.05) is 0 Å². The topological polar surface area (TPSA) is 71.3 Å². The van der Waals surface area contributed by atoms with Crippen molar-refractivity contribution in [2.45, 2.75) is 0 Å². The number of hydrogen-bond donors (Lipinski definition) is 0. The van der Waals surface area contributed by atoms with Gasteiger partial charge in [-0.3, -0.25) is 4.98 Å². The summed E-state index contributed by atoms with van der Waals surface area (Å²) in [5, 5.41) is 19.0. The van der Waals surface area contributed by atoms with Crippen LogP contribution in [0.2, 0.25) is 0 Å². The Morgan fingerprint density at radius 2 is 0.600 bits per heavy atom. The lowest BCUT2D eigenvalue weighted by Gasteiger charge is -2.18. The molecule has 8 heterocycles. The molecular weight excluding hydrogens is 1340 g/mol. The molecule has 0 saturated carbocycles. The van der Waals surface area contributed by atoms with Crippen LogP contribution in [0.5, 0.6) is 0 Å². The van der Waals surface area contributed by atoms with E-state index in [9.17, 15) is 0 Å². The maximum Gasteiger partial charge on any atom is 0.0978 e. The molecule has 0 spiro atoms. The first-order valence-corrected chi connectivity index (χ1v) is 37.5. The Labute approximate surface area is 630 Å². The maximum absolute atomic E-state index is 5.24. The van der Waals surface area contributed by atoms with Gasteiger partial charge >= 0.3 is 0 Å². The highest BCUT2D eigenvalue weighted by atomic mass is 15.0. The molecular formula is C102H62N8. The number of fused-ring (bicyclic) bond motifs is 21. The fourth-order valence-electron chi connectivity index (χ4n) is 18.0. The first-order chi connectivity index (χ1) is 54.6. The zero-order chi connectivity index (χ0) is 72.1. The number of para-hydroxylation sites is 8. The van der Waals surface area contributed by atoms with E-state index in [1.807, 2.05) is 18.3 Å². The molecule has 510 valence electrons. The van der Waals surface area contributed by atoms with E-state index in [0.29, 0.717) is 0 Å². The third-order valence-corrected chi connectivity index (χ3v) is 22.8. The zero-order valence-electron chi connectivity index (χ0n) is 59.4. The van der Waals surface area contributed by atoms with E-state index in [1.165, 1.54) is 115 Å². The fourth-order valence-corrected chi connectivity index (χ4v) is 18.0. The number of pyridine rings is 4. The van der Waals surface area contributed by atoms with Crippen LogP contribution in [0.25, 0.3) is 220 Å². The lowest BCUT2D eigenvalue weighted by molar-refractivity contribution is 1.17. The predicted octanol–water partition coefficient (Wildman–Crippen LogP) is 26.4. The third kappa shape index (κ3) is 9.33. The standard InChI is InChI=1S/C52H32N4.C50H30N4/c1-2-12-33(13-3-1)44-30-25-35-24-29-42-50(41-17-4-8-18-45(41)54-52(42)51(35)53-44)34-22-26-36(27-23-34)55-48-21-11-7-16-40(48)43-32-37(28-31-49(43)55)56-46-19-9-5-14-38(46)39-15-6-10-20-47(39)56;1-2-14-34-33(13-1)38(48-39-18-3-7-19-42(39)52-50-40(48)25-23-31-12-11-29-51-49(31)50)26-28-46(34)54-45-22-10-6-17-37(45)41-30-32(24-27-47(41)54)53-43-20-8-4-15-35(43)36-16-5-9-21-44(36)53/h1-32H;1-30H. The minimum absolute atomic E-state index is 0.915. The normalized spacial score (nSPS) is 12.0. The molecule has 24 aromatic rings. The summed E-state index contributed by atoms with van der Waals surface area (Å²) in [5.41, 5.74) is 26.5. The van der Waals surface area contributed by atoms with Crippen LogP contribution in [0.15, 0.2) is 376 Å². The van der Waals surface area contributed by atoms with Gasteiger partial charge in [-0.05, 0) is 132 Å². The van der Waals surface area contributed by atoms with E-state index in [0.717, 1.165) is 105 Å². The summed E-state index contributed by atoms with van der Waals surface area (Å²) in [6, 6.07) is 133. The molecule has 0 aliphatic carbocycles. The second-order valence-electron chi connectivity index (χ2n) is 28.7. The molecule has 0 aliphatic heterocycles. The smallest absolute Gasteiger partial charge is 0.0978 e. The summed E-state index contributed by atoms with van der Waals surface area (Å²) in [6.07, 6.45) is 1.86. The predicted molar refractivity (Wildman–Crippen MR) is 460 cm³/mol. The van der Waals surface area contributed by atoms with Crippen molar-refractivity contribution in [1.29, 1.82) is 0 Å². The Hall–Kier alpha value is -14.9. The van der Waals surface area contributed by atoms with Gasteiger partial charge in [0, 0.05) is 121 Å². The van der Waals surface area contributed by atoms with Crippen LogP contribution in [-0.2, 0) is 0 Å². The highest BCUT2D eigenvalue weighted by Gasteiger charge is 2.24. The number of aromatic nitrogens is 8. The summed E-state index contributed by atoms with van der Waals surface area (Å²) >= 11 is 0. The zero-order valence-corrected chi connectivity index (χ0v) is 59.4. The van der Waals surface area contributed by atoms with Crippen molar-refractivity contribution in [3.8, 4) is 56.3 Å². The van der Waals surface area contributed by atoms with Crippen molar-refractivity contribution in [3.05, 3.63) is 376 Å². The molecule has 0 bridgehead atoms. The Morgan fingerprint density at radius 1 is 0.200 bits per heavy atom. The Kier molecular flexibility index (Phi) is 13.6. The summed E-state index contributed by atoms with van der Waals surface area (Å²) in [6.45, 7) is 0. The van der Waals surface area contributed by atoms with Gasteiger partial charge in [0.25, 0.3) is 0 Å². The third-order valence-electron chi connectivity index (χ3n) is 22.8. The van der Waals surface area contributed by atoms with E-state index in [-0.39, 0.29) is 0 Å². The molecule has 0 saturated heterocycles. The van der Waals surface area contributed by atoms with Crippen LogP contribution in [0.1, 0.15) is 0 Å². The molecule has 0 amide bonds. The monoisotopic (exact) mass is 1400 g/mol. The van der Waals surface area contributed by atoms with Gasteiger partial charge in [-0.25, -0.2) is 15.0 Å². The van der Waals surface area contributed by atoms with Gasteiger partial charge in [-0.1, -0.05) is 255 Å². The van der Waals surface area contributed by atoms with Crippen molar-refractivity contribution < 1.29 is 0 Å². The van der Waals surface area contributed by atoms with Gasteiger partial charge in [0.05, 0.1) is 88.6 Å². The van der Waals surface area contributed by atoms with Crippen LogP contribution in [0.3, 0.4) is 0 Å². The summed E-state index contributed by atoms with van der Waals surface area (Å²) in [7, 11) is 0. The quantitative estimate of drug-likeness (QED) is 0.118. The van der Waals surface area contributed by atoms with Gasteiger partial charge in [0.2, 0.25) is 0 Å².